The molecule has 0 aromatic rings. The zero-order valence-corrected chi connectivity index (χ0v) is 10.5. The van der Waals surface area contributed by atoms with Crippen LogP contribution in [0.25, 0.3) is 0 Å². The minimum atomic E-state index is 0.467. The number of unbranched alkanes of at least 4 members (excludes halogenated alkanes) is 1. The third kappa shape index (κ3) is 6.13. The van der Waals surface area contributed by atoms with E-state index in [1.54, 1.807) is 0 Å². The summed E-state index contributed by atoms with van der Waals surface area (Å²) in [6.45, 7) is 5.52. The van der Waals surface area contributed by atoms with E-state index in [0.717, 1.165) is 13.1 Å². The van der Waals surface area contributed by atoms with Crippen LogP contribution in [0.1, 0.15) is 32.6 Å². The molecule has 90 valence electrons. The Bertz CT molecular complexity index is 162. The van der Waals surface area contributed by atoms with E-state index in [-0.39, 0.29) is 0 Å². The van der Waals surface area contributed by atoms with Crippen LogP contribution >= 0.6 is 0 Å². The second kappa shape index (κ2) is 7.20. The predicted octanol–water partition coefficient (Wildman–Crippen LogP) is 1.49. The van der Waals surface area contributed by atoms with E-state index in [2.05, 4.69) is 31.2 Å². The van der Waals surface area contributed by atoms with Gasteiger partial charge in [-0.1, -0.05) is 0 Å². The van der Waals surface area contributed by atoms with Gasteiger partial charge in [-0.2, -0.15) is 0 Å². The Hall–Kier alpha value is -0.120. The summed E-state index contributed by atoms with van der Waals surface area (Å²) in [5, 5.41) is 3.48. The fourth-order valence-electron chi connectivity index (χ4n) is 1.98. The average Bonchev–Trinajstić information content (AvgIpc) is 2.57. The molecule has 2 unspecified atom stereocenters. The molecule has 1 aliphatic heterocycles. The highest BCUT2D eigenvalue weighted by atomic mass is 16.5. The lowest BCUT2D eigenvalue weighted by molar-refractivity contribution is 0.0561. The Kier molecular flexibility index (Phi) is 6.22. The van der Waals surface area contributed by atoms with Crippen LogP contribution in [0.3, 0.4) is 0 Å². The van der Waals surface area contributed by atoms with E-state index >= 15 is 0 Å². The highest BCUT2D eigenvalue weighted by Crippen LogP contribution is 2.17. The number of ether oxygens (including phenoxy) is 1. The molecule has 0 aromatic heterocycles. The lowest BCUT2D eigenvalue weighted by Crippen LogP contribution is -2.28. The Morgan fingerprint density at radius 3 is 2.67 bits per heavy atom. The maximum Gasteiger partial charge on any atom is 0.0704 e. The molecule has 1 saturated heterocycles. The van der Waals surface area contributed by atoms with Crippen molar-refractivity contribution in [3.8, 4) is 0 Å². The lowest BCUT2D eigenvalue weighted by Gasteiger charge is -2.13. The van der Waals surface area contributed by atoms with Gasteiger partial charge in [0.05, 0.1) is 12.2 Å². The van der Waals surface area contributed by atoms with Gasteiger partial charge in [0.2, 0.25) is 0 Å². The Morgan fingerprint density at radius 1 is 1.27 bits per heavy atom. The fourth-order valence-corrected chi connectivity index (χ4v) is 1.98. The summed E-state index contributed by atoms with van der Waals surface area (Å²) >= 11 is 0. The van der Waals surface area contributed by atoms with E-state index in [1.165, 1.54) is 32.2 Å². The van der Waals surface area contributed by atoms with Crippen molar-refractivity contribution in [2.45, 2.75) is 44.8 Å². The molecule has 3 heteroatoms. The maximum atomic E-state index is 5.74. The minimum absolute atomic E-state index is 0.467. The van der Waals surface area contributed by atoms with Crippen molar-refractivity contribution >= 4 is 0 Å². The fraction of sp³-hybridized carbons (Fsp3) is 1.00. The molecule has 1 N–H and O–H groups in total. The number of rotatable bonds is 7. The molecule has 3 nitrogen and oxygen atoms in total. The largest absolute Gasteiger partial charge is 0.374 e. The zero-order valence-electron chi connectivity index (χ0n) is 10.5. The molecule has 1 heterocycles. The van der Waals surface area contributed by atoms with E-state index in [9.17, 15) is 0 Å². The van der Waals surface area contributed by atoms with Gasteiger partial charge in [-0.3, -0.25) is 0 Å². The van der Waals surface area contributed by atoms with E-state index in [1.807, 2.05) is 0 Å². The molecule has 0 aromatic carbocycles. The third-order valence-corrected chi connectivity index (χ3v) is 2.90. The first-order valence-electron chi connectivity index (χ1n) is 6.19. The third-order valence-electron chi connectivity index (χ3n) is 2.90. The van der Waals surface area contributed by atoms with Crippen LogP contribution in [0.4, 0.5) is 0 Å². The van der Waals surface area contributed by atoms with Gasteiger partial charge >= 0.3 is 0 Å². The minimum Gasteiger partial charge on any atom is -0.374 e. The molecule has 0 spiro atoms. The molecule has 15 heavy (non-hydrogen) atoms. The van der Waals surface area contributed by atoms with Crippen LogP contribution in [0.5, 0.6) is 0 Å². The number of nitrogens with zero attached hydrogens (tertiary/aromatic N) is 1. The molecule has 0 bridgehead atoms. The predicted molar refractivity (Wildman–Crippen MR) is 64.2 cm³/mol. The first-order chi connectivity index (χ1) is 7.18. The van der Waals surface area contributed by atoms with Crippen LogP contribution in [-0.2, 0) is 4.74 Å². The van der Waals surface area contributed by atoms with Crippen LogP contribution in [0.2, 0.25) is 0 Å². The smallest absolute Gasteiger partial charge is 0.0704 e. The number of hydrogen-bond donors (Lipinski definition) is 1. The van der Waals surface area contributed by atoms with Crippen LogP contribution in [0, 0.1) is 0 Å². The molecule has 1 aliphatic rings. The monoisotopic (exact) mass is 214 g/mol. The van der Waals surface area contributed by atoms with Crippen LogP contribution in [0.15, 0.2) is 0 Å². The van der Waals surface area contributed by atoms with E-state index in [4.69, 9.17) is 4.74 Å². The molecule has 0 saturated carbocycles. The second-order valence-corrected chi connectivity index (χ2v) is 4.86. The number of nitrogens with one attached hydrogen (secondary N) is 1. The lowest BCUT2D eigenvalue weighted by atomic mass is 10.2. The maximum absolute atomic E-state index is 5.74. The quantitative estimate of drug-likeness (QED) is 0.650. The first kappa shape index (κ1) is 12.9. The van der Waals surface area contributed by atoms with Gasteiger partial charge in [-0.15, -0.1) is 0 Å². The molecule has 0 amide bonds. The molecule has 0 radical (unpaired) electrons. The summed E-state index contributed by atoms with van der Waals surface area (Å²) in [5.41, 5.74) is 0. The molecule has 2 atom stereocenters. The van der Waals surface area contributed by atoms with Crippen molar-refractivity contribution in [1.82, 2.24) is 10.2 Å². The van der Waals surface area contributed by atoms with Crippen molar-refractivity contribution in [2.24, 2.45) is 0 Å². The Morgan fingerprint density at radius 2 is 2.07 bits per heavy atom. The van der Waals surface area contributed by atoms with Crippen molar-refractivity contribution in [1.29, 1.82) is 0 Å². The van der Waals surface area contributed by atoms with E-state index in [0.29, 0.717) is 12.2 Å². The summed E-state index contributed by atoms with van der Waals surface area (Å²) in [7, 11) is 4.25. The normalized spacial score (nSPS) is 26.4. The van der Waals surface area contributed by atoms with Crippen molar-refractivity contribution < 1.29 is 4.74 Å². The van der Waals surface area contributed by atoms with Gasteiger partial charge in [0, 0.05) is 6.54 Å². The summed E-state index contributed by atoms with van der Waals surface area (Å²) < 4.78 is 5.74. The highest BCUT2D eigenvalue weighted by Gasteiger charge is 2.20. The highest BCUT2D eigenvalue weighted by molar-refractivity contribution is 4.72. The van der Waals surface area contributed by atoms with Gasteiger partial charge < -0.3 is 15.0 Å². The van der Waals surface area contributed by atoms with Crippen molar-refractivity contribution in [2.75, 3.05) is 33.7 Å². The molecule has 1 rings (SSSR count). The SMILES string of the molecule is CC1CCC(CNCCCCN(C)C)O1. The summed E-state index contributed by atoms with van der Waals surface area (Å²) in [5.74, 6) is 0. The Balaban J connectivity index is 1.85. The van der Waals surface area contributed by atoms with Gasteiger partial charge in [0.1, 0.15) is 0 Å². The average molecular weight is 214 g/mol. The summed E-state index contributed by atoms with van der Waals surface area (Å²) in [4.78, 5) is 2.24. The summed E-state index contributed by atoms with van der Waals surface area (Å²) in [6.07, 6.45) is 5.95. The molecular weight excluding hydrogens is 188 g/mol. The molecular formula is C12H26N2O. The molecule has 0 aliphatic carbocycles. The first-order valence-corrected chi connectivity index (χ1v) is 6.19. The van der Waals surface area contributed by atoms with Gasteiger partial charge in [0.15, 0.2) is 0 Å². The number of hydrogen-bond acceptors (Lipinski definition) is 3. The van der Waals surface area contributed by atoms with Gasteiger partial charge in [-0.05, 0) is 59.8 Å². The van der Waals surface area contributed by atoms with Gasteiger partial charge in [0.25, 0.3) is 0 Å². The topological polar surface area (TPSA) is 24.5 Å². The Labute approximate surface area is 94.2 Å². The summed E-state index contributed by atoms with van der Waals surface area (Å²) in [6, 6.07) is 0. The van der Waals surface area contributed by atoms with Crippen LogP contribution < -0.4 is 5.32 Å². The zero-order chi connectivity index (χ0) is 11.1. The second-order valence-electron chi connectivity index (χ2n) is 4.86. The van der Waals surface area contributed by atoms with Gasteiger partial charge in [-0.25, -0.2) is 0 Å². The standard InChI is InChI=1S/C12H26N2O/c1-11-6-7-12(15-11)10-13-8-4-5-9-14(2)3/h11-13H,4-10H2,1-3H3. The van der Waals surface area contributed by atoms with E-state index < -0.39 is 0 Å². The molecule has 1 fully saturated rings. The van der Waals surface area contributed by atoms with Crippen molar-refractivity contribution in [3.63, 3.8) is 0 Å². The van der Waals surface area contributed by atoms with Crippen LogP contribution in [-0.4, -0.2) is 50.8 Å². The van der Waals surface area contributed by atoms with Crippen molar-refractivity contribution in [3.05, 3.63) is 0 Å².